The molecule has 0 spiro atoms. The molecular formula is C10H12O. The standard InChI is InChI=1S/C10H12O/c11-9-5-4-8-6-2-1-3-7(6)10(8)9/h1-2,6-8,10H,3-5H2. The van der Waals surface area contributed by atoms with Crippen molar-refractivity contribution in [2.45, 2.75) is 19.3 Å². The molecule has 0 aromatic heterocycles. The topological polar surface area (TPSA) is 17.1 Å². The van der Waals surface area contributed by atoms with Gasteiger partial charge in [0.2, 0.25) is 0 Å². The van der Waals surface area contributed by atoms with Crippen LogP contribution < -0.4 is 0 Å². The molecule has 0 amide bonds. The predicted molar refractivity (Wildman–Crippen MR) is 42.0 cm³/mol. The zero-order valence-corrected chi connectivity index (χ0v) is 6.49. The van der Waals surface area contributed by atoms with E-state index in [2.05, 4.69) is 12.2 Å². The van der Waals surface area contributed by atoms with Gasteiger partial charge in [-0.05, 0) is 30.6 Å². The lowest BCUT2D eigenvalue weighted by molar-refractivity contribution is -0.128. The molecule has 3 rings (SSSR count). The lowest BCUT2D eigenvalue weighted by Gasteiger charge is -2.43. The minimum Gasteiger partial charge on any atom is -0.299 e. The monoisotopic (exact) mass is 148 g/mol. The first-order chi connectivity index (χ1) is 5.38. The maximum absolute atomic E-state index is 11.4. The van der Waals surface area contributed by atoms with Crippen LogP contribution in [0.15, 0.2) is 12.2 Å². The molecule has 58 valence electrons. The zero-order valence-electron chi connectivity index (χ0n) is 6.49. The van der Waals surface area contributed by atoms with Crippen LogP contribution in [-0.2, 0) is 4.79 Å². The number of hydrogen-bond acceptors (Lipinski definition) is 1. The summed E-state index contributed by atoms with van der Waals surface area (Å²) < 4.78 is 0. The Bertz CT molecular complexity index is 241. The highest BCUT2D eigenvalue weighted by molar-refractivity contribution is 5.85. The summed E-state index contributed by atoms with van der Waals surface area (Å²) in [6, 6.07) is 0. The predicted octanol–water partition coefficient (Wildman–Crippen LogP) is 1.79. The summed E-state index contributed by atoms with van der Waals surface area (Å²) in [6.07, 6.45) is 7.83. The summed E-state index contributed by atoms with van der Waals surface area (Å²) in [7, 11) is 0. The van der Waals surface area contributed by atoms with E-state index in [9.17, 15) is 4.79 Å². The first-order valence-corrected chi connectivity index (χ1v) is 4.57. The van der Waals surface area contributed by atoms with Gasteiger partial charge in [0, 0.05) is 12.3 Å². The lowest BCUT2D eigenvalue weighted by Crippen LogP contribution is -2.43. The molecule has 4 unspecified atom stereocenters. The number of fused-ring (bicyclic) bond motifs is 4. The Labute approximate surface area is 66.5 Å². The van der Waals surface area contributed by atoms with Crippen molar-refractivity contribution < 1.29 is 4.79 Å². The van der Waals surface area contributed by atoms with E-state index >= 15 is 0 Å². The van der Waals surface area contributed by atoms with Crippen LogP contribution in [-0.4, -0.2) is 5.78 Å². The van der Waals surface area contributed by atoms with Crippen molar-refractivity contribution in [3.63, 3.8) is 0 Å². The van der Waals surface area contributed by atoms with Crippen LogP contribution >= 0.6 is 0 Å². The third-order valence-electron chi connectivity index (χ3n) is 3.77. The van der Waals surface area contributed by atoms with Gasteiger partial charge in [0.1, 0.15) is 5.78 Å². The van der Waals surface area contributed by atoms with Gasteiger partial charge in [-0.15, -0.1) is 0 Å². The highest BCUT2D eigenvalue weighted by Crippen LogP contribution is 2.57. The molecule has 0 aliphatic heterocycles. The van der Waals surface area contributed by atoms with Gasteiger partial charge >= 0.3 is 0 Å². The fraction of sp³-hybridized carbons (Fsp3) is 0.700. The molecule has 0 N–H and O–H groups in total. The van der Waals surface area contributed by atoms with Crippen LogP contribution in [0.4, 0.5) is 0 Å². The second-order valence-electron chi connectivity index (χ2n) is 4.10. The Kier molecular flexibility index (Phi) is 0.961. The van der Waals surface area contributed by atoms with Crippen molar-refractivity contribution in [2.24, 2.45) is 23.7 Å². The van der Waals surface area contributed by atoms with Crippen molar-refractivity contribution >= 4 is 5.78 Å². The number of allylic oxidation sites excluding steroid dienone is 2. The fourth-order valence-corrected chi connectivity index (χ4v) is 3.28. The molecule has 0 aromatic carbocycles. The maximum Gasteiger partial charge on any atom is 0.136 e. The van der Waals surface area contributed by atoms with Crippen LogP contribution in [0.5, 0.6) is 0 Å². The van der Waals surface area contributed by atoms with Gasteiger partial charge < -0.3 is 0 Å². The van der Waals surface area contributed by atoms with Crippen LogP contribution in [0.3, 0.4) is 0 Å². The van der Waals surface area contributed by atoms with Crippen molar-refractivity contribution in [3.05, 3.63) is 12.2 Å². The average Bonchev–Trinajstić information content (AvgIpc) is 2.43. The molecule has 0 radical (unpaired) electrons. The third kappa shape index (κ3) is 0.559. The molecule has 3 aliphatic rings. The van der Waals surface area contributed by atoms with Gasteiger partial charge in [0.15, 0.2) is 0 Å². The lowest BCUT2D eigenvalue weighted by atomic mass is 9.59. The third-order valence-corrected chi connectivity index (χ3v) is 3.77. The second-order valence-corrected chi connectivity index (χ2v) is 4.10. The zero-order chi connectivity index (χ0) is 7.42. The molecule has 2 fully saturated rings. The minimum absolute atomic E-state index is 0.481. The number of rotatable bonds is 0. The van der Waals surface area contributed by atoms with Crippen molar-refractivity contribution in [1.29, 1.82) is 0 Å². The molecule has 1 nitrogen and oxygen atoms in total. The van der Waals surface area contributed by atoms with E-state index < -0.39 is 0 Å². The normalized spacial score (nSPS) is 52.2. The molecule has 1 heteroatoms. The highest BCUT2D eigenvalue weighted by atomic mass is 16.1. The smallest absolute Gasteiger partial charge is 0.136 e. The molecule has 0 heterocycles. The molecule has 3 aliphatic carbocycles. The summed E-state index contributed by atoms with van der Waals surface area (Å²) in [5.41, 5.74) is 0. The van der Waals surface area contributed by atoms with Crippen LogP contribution in [0, 0.1) is 23.7 Å². The van der Waals surface area contributed by atoms with Crippen LogP contribution in [0.2, 0.25) is 0 Å². The van der Waals surface area contributed by atoms with Crippen molar-refractivity contribution in [1.82, 2.24) is 0 Å². The fourth-order valence-electron chi connectivity index (χ4n) is 3.28. The van der Waals surface area contributed by atoms with E-state index in [0.717, 1.165) is 24.2 Å². The number of ketones is 1. The Morgan fingerprint density at radius 1 is 1.36 bits per heavy atom. The van der Waals surface area contributed by atoms with Gasteiger partial charge in [0.25, 0.3) is 0 Å². The van der Waals surface area contributed by atoms with E-state index in [0.29, 0.717) is 11.7 Å². The molecule has 0 saturated heterocycles. The summed E-state index contributed by atoms with van der Waals surface area (Å²) in [5.74, 6) is 3.32. The first kappa shape index (κ1) is 5.99. The van der Waals surface area contributed by atoms with Gasteiger partial charge in [-0.1, -0.05) is 12.2 Å². The van der Waals surface area contributed by atoms with Gasteiger partial charge in [-0.25, -0.2) is 0 Å². The summed E-state index contributed by atoms with van der Waals surface area (Å²) in [4.78, 5) is 11.4. The first-order valence-electron chi connectivity index (χ1n) is 4.57. The Morgan fingerprint density at radius 2 is 2.27 bits per heavy atom. The van der Waals surface area contributed by atoms with Crippen molar-refractivity contribution in [3.8, 4) is 0 Å². The van der Waals surface area contributed by atoms with Gasteiger partial charge in [-0.2, -0.15) is 0 Å². The Hall–Kier alpha value is -0.590. The largest absolute Gasteiger partial charge is 0.299 e. The number of hydrogen-bond donors (Lipinski definition) is 0. The van der Waals surface area contributed by atoms with Crippen LogP contribution in [0.1, 0.15) is 19.3 Å². The van der Waals surface area contributed by atoms with Gasteiger partial charge in [0.05, 0.1) is 0 Å². The van der Waals surface area contributed by atoms with Gasteiger partial charge in [-0.3, -0.25) is 4.79 Å². The van der Waals surface area contributed by atoms with E-state index in [1.54, 1.807) is 0 Å². The van der Waals surface area contributed by atoms with Crippen molar-refractivity contribution in [2.75, 3.05) is 0 Å². The summed E-state index contributed by atoms with van der Waals surface area (Å²) >= 11 is 0. The minimum atomic E-state index is 0.481. The average molecular weight is 148 g/mol. The van der Waals surface area contributed by atoms with E-state index in [4.69, 9.17) is 0 Å². The molecule has 0 bridgehead atoms. The molecule has 0 aromatic rings. The second kappa shape index (κ2) is 1.77. The molecular weight excluding hydrogens is 136 g/mol. The molecule has 2 saturated carbocycles. The highest BCUT2D eigenvalue weighted by Gasteiger charge is 2.55. The number of carbonyl (C=O) groups is 1. The number of Topliss-reactive ketones (excluding diaryl/α,β-unsaturated/α-hetero) is 1. The van der Waals surface area contributed by atoms with Crippen LogP contribution in [0.25, 0.3) is 0 Å². The molecule has 11 heavy (non-hydrogen) atoms. The van der Waals surface area contributed by atoms with E-state index in [-0.39, 0.29) is 0 Å². The number of carbonyl (C=O) groups excluding carboxylic acids is 1. The summed E-state index contributed by atoms with van der Waals surface area (Å²) in [6.45, 7) is 0. The Balaban J connectivity index is 1.92. The molecule has 4 atom stereocenters. The SMILES string of the molecule is O=C1CCC2C3C=CCC3C12. The maximum atomic E-state index is 11.4. The van der Waals surface area contributed by atoms with E-state index in [1.807, 2.05) is 0 Å². The quantitative estimate of drug-likeness (QED) is 0.479. The summed E-state index contributed by atoms with van der Waals surface area (Å²) in [5, 5.41) is 0. The van der Waals surface area contributed by atoms with E-state index in [1.165, 1.54) is 12.8 Å². The Morgan fingerprint density at radius 3 is 3.18 bits per heavy atom.